The third-order valence-corrected chi connectivity index (χ3v) is 4.10. The van der Waals surface area contributed by atoms with E-state index < -0.39 is 0 Å². The average Bonchev–Trinajstić information content (AvgIpc) is 3.05. The number of nitrogens with zero attached hydrogens (tertiary/aromatic N) is 2. The van der Waals surface area contributed by atoms with Crippen molar-refractivity contribution in [2.24, 2.45) is 4.99 Å². The number of aliphatic imine (C=N–C) groups is 1. The van der Waals surface area contributed by atoms with E-state index in [0.29, 0.717) is 6.10 Å². The lowest BCUT2D eigenvalue weighted by atomic mass is 10.2. The first-order chi connectivity index (χ1) is 10.8. The fourth-order valence-corrected chi connectivity index (χ4v) is 2.89. The number of benzene rings is 1. The van der Waals surface area contributed by atoms with Gasteiger partial charge in [0.05, 0.1) is 6.10 Å². The lowest BCUT2D eigenvalue weighted by Crippen LogP contribution is -2.39. The standard InChI is InChI=1S/C18H29N3O.HI/c1-19-18(21(2)15-16-9-4-3-5-10-16)20-13-8-14-22-17-11-6-7-12-17;/h3-5,9-10,17H,6-8,11-15H2,1-2H3,(H,19,20);1H. The maximum atomic E-state index is 5.88. The second-order valence-corrected chi connectivity index (χ2v) is 5.95. The highest BCUT2D eigenvalue weighted by Gasteiger charge is 2.14. The first-order valence-corrected chi connectivity index (χ1v) is 8.37. The Kier molecular flexibility index (Phi) is 10.3. The molecule has 1 aliphatic carbocycles. The zero-order valence-corrected chi connectivity index (χ0v) is 16.7. The van der Waals surface area contributed by atoms with E-state index in [1.807, 2.05) is 13.1 Å². The monoisotopic (exact) mass is 431 g/mol. The Morgan fingerprint density at radius 2 is 1.96 bits per heavy atom. The summed E-state index contributed by atoms with van der Waals surface area (Å²) < 4.78 is 5.88. The fraction of sp³-hybridized carbons (Fsp3) is 0.611. The first-order valence-electron chi connectivity index (χ1n) is 8.37. The number of nitrogens with one attached hydrogen (secondary N) is 1. The number of halogens is 1. The lowest BCUT2D eigenvalue weighted by Gasteiger charge is -2.22. The summed E-state index contributed by atoms with van der Waals surface area (Å²) in [5, 5.41) is 3.41. The van der Waals surface area contributed by atoms with Crippen molar-refractivity contribution in [2.75, 3.05) is 27.2 Å². The molecule has 0 amide bonds. The number of ether oxygens (including phenoxy) is 1. The molecular weight excluding hydrogens is 401 g/mol. The van der Waals surface area contributed by atoms with E-state index in [1.54, 1.807) is 0 Å². The van der Waals surface area contributed by atoms with Gasteiger partial charge in [-0.2, -0.15) is 0 Å². The molecule has 2 rings (SSSR count). The van der Waals surface area contributed by atoms with Gasteiger partial charge in [-0.05, 0) is 24.8 Å². The first kappa shape index (κ1) is 20.2. The largest absolute Gasteiger partial charge is 0.378 e. The van der Waals surface area contributed by atoms with Crippen molar-refractivity contribution in [1.29, 1.82) is 0 Å². The van der Waals surface area contributed by atoms with Gasteiger partial charge in [0.2, 0.25) is 0 Å². The van der Waals surface area contributed by atoms with E-state index in [9.17, 15) is 0 Å². The SMILES string of the molecule is CN=C(NCCCOC1CCCC1)N(C)Cc1ccccc1.I. The number of guanidine groups is 1. The Labute approximate surface area is 157 Å². The minimum absolute atomic E-state index is 0. The van der Waals surface area contributed by atoms with Gasteiger partial charge in [-0.3, -0.25) is 4.99 Å². The van der Waals surface area contributed by atoms with E-state index in [2.05, 4.69) is 46.5 Å². The van der Waals surface area contributed by atoms with Crippen LogP contribution in [0.3, 0.4) is 0 Å². The molecule has 0 atom stereocenters. The third-order valence-electron chi connectivity index (χ3n) is 4.10. The van der Waals surface area contributed by atoms with Crippen LogP contribution < -0.4 is 5.32 Å². The second-order valence-electron chi connectivity index (χ2n) is 5.95. The van der Waals surface area contributed by atoms with Crippen LogP contribution in [0.4, 0.5) is 0 Å². The predicted octanol–water partition coefficient (Wildman–Crippen LogP) is 3.66. The summed E-state index contributed by atoms with van der Waals surface area (Å²) in [7, 11) is 3.90. The van der Waals surface area contributed by atoms with Gasteiger partial charge in [0, 0.05) is 33.8 Å². The highest BCUT2D eigenvalue weighted by molar-refractivity contribution is 14.0. The van der Waals surface area contributed by atoms with Crippen LogP contribution in [0, 0.1) is 0 Å². The summed E-state index contributed by atoms with van der Waals surface area (Å²) in [6, 6.07) is 10.5. The Balaban J connectivity index is 0.00000264. The molecule has 0 aromatic heterocycles. The Morgan fingerprint density at radius 3 is 2.61 bits per heavy atom. The van der Waals surface area contributed by atoms with Gasteiger partial charge in [0.25, 0.3) is 0 Å². The summed E-state index contributed by atoms with van der Waals surface area (Å²) in [6.07, 6.45) is 6.69. The quantitative estimate of drug-likeness (QED) is 0.310. The van der Waals surface area contributed by atoms with Crippen molar-refractivity contribution in [1.82, 2.24) is 10.2 Å². The maximum absolute atomic E-state index is 5.88. The molecule has 0 saturated heterocycles. The van der Waals surface area contributed by atoms with Crippen LogP contribution >= 0.6 is 24.0 Å². The minimum Gasteiger partial charge on any atom is -0.378 e. The molecule has 1 saturated carbocycles. The Hall–Kier alpha value is -0.820. The molecule has 0 spiro atoms. The highest BCUT2D eigenvalue weighted by Crippen LogP contribution is 2.20. The van der Waals surface area contributed by atoms with Crippen molar-refractivity contribution >= 4 is 29.9 Å². The molecule has 0 unspecified atom stereocenters. The van der Waals surface area contributed by atoms with E-state index in [4.69, 9.17) is 4.74 Å². The van der Waals surface area contributed by atoms with Crippen molar-refractivity contribution in [3.05, 3.63) is 35.9 Å². The van der Waals surface area contributed by atoms with Crippen LogP contribution in [-0.2, 0) is 11.3 Å². The van der Waals surface area contributed by atoms with Gasteiger partial charge in [-0.1, -0.05) is 43.2 Å². The lowest BCUT2D eigenvalue weighted by molar-refractivity contribution is 0.0573. The molecule has 4 nitrogen and oxygen atoms in total. The predicted molar refractivity (Wildman–Crippen MR) is 108 cm³/mol. The molecule has 1 N–H and O–H groups in total. The topological polar surface area (TPSA) is 36.9 Å². The Morgan fingerprint density at radius 1 is 1.26 bits per heavy atom. The molecule has 1 fully saturated rings. The third kappa shape index (κ3) is 7.52. The van der Waals surface area contributed by atoms with Gasteiger partial charge in [0.15, 0.2) is 5.96 Å². The van der Waals surface area contributed by atoms with Crippen LogP contribution in [0.2, 0.25) is 0 Å². The van der Waals surface area contributed by atoms with E-state index >= 15 is 0 Å². The molecule has 23 heavy (non-hydrogen) atoms. The molecule has 1 aliphatic rings. The number of hydrogen-bond donors (Lipinski definition) is 1. The molecule has 0 radical (unpaired) electrons. The van der Waals surface area contributed by atoms with Crippen molar-refractivity contribution in [3.63, 3.8) is 0 Å². The number of rotatable bonds is 7. The smallest absolute Gasteiger partial charge is 0.193 e. The van der Waals surface area contributed by atoms with E-state index in [0.717, 1.165) is 32.1 Å². The van der Waals surface area contributed by atoms with E-state index in [-0.39, 0.29) is 24.0 Å². The normalized spacial score (nSPS) is 15.3. The molecule has 130 valence electrons. The molecule has 5 heteroatoms. The summed E-state index contributed by atoms with van der Waals surface area (Å²) >= 11 is 0. The summed E-state index contributed by atoms with van der Waals surface area (Å²) in [4.78, 5) is 6.50. The maximum Gasteiger partial charge on any atom is 0.193 e. The van der Waals surface area contributed by atoms with Crippen LogP contribution in [0.15, 0.2) is 35.3 Å². The molecular formula is C18H30IN3O. The minimum atomic E-state index is 0. The van der Waals surface area contributed by atoms with Crippen molar-refractivity contribution in [3.8, 4) is 0 Å². The van der Waals surface area contributed by atoms with Crippen LogP contribution in [0.25, 0.3) is 0 Å². The van der Waals surface area contributed by atoms with Crippen LogP contribution in [0.1, 0.15) is 37.7 Å². The fourth-order valence-electron chi connectivity index (χ4n) is 2.89. The molecule has 1 aromatic rings. The summed E-state index contributed by atoms with van der Waals surface area (Å²) in [5.74, 6) is 0.935. The van der Waals surface area contributed by atoms with Crippen molar-refractivity contribution < 1.29 is 4.74 Å². The van der Waals surface area contributed by atoms with Crippen molar-refractivity contribution in [2.45, 2.75) is 44.8 Å². The zero-order chi connectivity index (χ0) is 15.6. The highest BCUT2D eigenvalue weighted by atomic mass is 127. The zero-order valence-electron chi connectivity index (χ0n) is 14.3. The summed E-state index contributed by atoms with van der Waals surface area (Å²) in [5.41, 5.74) is 1.29. The number of hydrogen-bond acceptors (Lipinski definition) is 2. The van der Waals surface area contributed by atoms with Crippen LogP contribution in [0.5, 0.6) is 0 Å². The second kappa shape index (κ2) is 11.7. The van der Waals surface area contributed by atoms with Gasteiger partial charge in [0.1, 0.15) is 0 Å². The van der Waals surface area contributed by atoms with Crippen LogP contribution in [-0.4, -0.2) is 44.2 Å². The van der Waals surface area contributed by atoms with Gasteiger partial charge in [-0.15, -0.1) is 24.0 Å². The average molecular weight is 431 g/mol. The summed E-state index contributed by atoms with van der Waals surface area (Å²) in [6.45, 7) is 2.61. The molecule has 0 bridgehead atoms. The van der Waals surface area contributed by atoms with Gasteiger partial charge in [-0.25, -0.2) is 0 Å². The van der Waals surface area contributed by atoms with Gasteiger partial charge >= 0.3 is 0 Å². The van der Waals surface area contributed by atoms with Gasteiger partial charge < -0.3 is 15.0 Å². The molecule has 1 aromatic carbocycles. The Bertz CT molecular complexity index is 447. The molecule has 0 heterocycles. The molecule has 0 aliphatic heterocycles. The van der Waals surface area contributed by atoms with E-state index in [1.165, 1.54) is 31.2 Å².